The Labute approximate surface area is 856 Å². The maximum atomic E-state index is 5.99. The Balaban J connectivity index is 0.000000230. The lowest BCUT2D eigenvalue weighted by Crippen LogP contribution is -2.00. The van der Waals surface area contributed by atoms with Gasteiger partial charge in [0.15, 0.2) is 0 Å². The van der Waals surface area contributed by atoms with Crippen LogP contribution < -0.4 is 28.4 Å². The van der Waals surface area contributed by atoms with Crippen LogP contribution >= 0.6 is 0 Å². The highest BCUT2D eigenvalue weighted by atomic mass is 16.5. The van der Waals surface area contributed by atoms with E-state index < -0.39 is 0 Å². The van der Waals surface area contributed by atoms with Gasteiger partial charge in [-0.15, -0.1) is 0 Å². The van der Waals surface area contributed by atoms with E-state index in [2.05, 4.69) is 438 Å². The lowest BCUT2D eigenvalue weighted by Gasteiger charge is -2.13. The average Bonchev–Trinajstić information content (AvgIpc) is 0.853. The molecule has 0 radical (unpaired) electrons. The van der Waals surface area contributed by atoms with Gasteiger partial charge >= 0.3 is 0 Å². The largest absolute Gasteiger partial charge is 0.496 e. The first-order valence-corrected chi connectivity index (χ1v) is 53.3. The highest BCUT2D eigenvalue weighted by Crippen LogP contribution is 2.34. The molecular formula is C135H174O6. The Bertz CT molecular complexity index is 5810. The Kier molecular flexibility index (Phi) is 54.1. The normalized spacial score (nSPS) is 11.1. The molecule has 0 saturated carbocycles. The standard InChI is InChI=1S/C25H34O.C24H32O.C23H30O.C22H28O.C21H26O.C20H24O/c1-5-7-8-9-19-26-25-18-17-24(20(3)21(25)4)16-15-23-13-11-22(10-6-2)12-14-23;1-5-7-8-18-25-24-17-16-23(19(3)20(24)4)15-14-22-12-10-21(9-6-2)11-13-22;1-5-7-17-24-23-16-15-22(18(3)19(23)4)14-13-21-11-9-20(8-6-2)10-12-21;1-5-7-19-8-10-20(11-9-19)12-13-21-14-15-22(23-16-6-2)18(4)17(21)3;1-5-7-18-8-10-19(11-9-18)12-13-20-14-15-21(22-6-2)17(4)16(20)3;1-5-6-17-7-9-18(10-8-17)11-12-19-13-14-20(21-4)16(3)15(19)2/h11-18H,5-10,19H2,1-4H3;10-17H,5-9,18H2,1-4H3;9-16H,5-8,17H2,1-4H3;8-15H,5-7,16H2,1-4H3;8-15H,5-7H2,1-4H3;7-14H,5-6H2,1-4H3. The summed E-state index contributed by atoms with van der Waals surface area (Å²) < 4.78 is 34.6. The van der Waals surface area contributed by atoms with E-state index in [0.717, 1.165) is 132 Å². The molecule has 0 aliphatic heterocycles. The van der Waals surface area contributed by atoms with Gasteiger partial charge in [-0.1, -0.05) is 401 Å². The van der Waals surface area contributed by atoms with Crippen LogP contribution in [0.1, 0.15) is 346 Å². The molecule has 12 aromatic carbocycles. The van der Waals surface area contributed by atoms with E-state index in [1.54, 1.807) is 7.11 Å². The molecule has 0 fully saturated rings. The summed E-state index contributed by atoms with van der Waals surface area (Å²) in [5.74, 6) is 6.01. The minimum absolute atomic E-state index is 0.708. The molecule has 0 atom stereocenters. The highest BCUT2D eigenvalue weighted by Gasteiger charge is 2.14. The number of hydrogen-bond acceptors (Lipinski definition) is 6. The van der Waals surface area contributed by atoms with Crippen molar-refractivity contribution in [1.82, 2.24) is 0 Å². The van der Waals surface area contributed by atoms with E-state index in [1.165, 1.54) is 238 Å². The summed E-state index contributed by atoms with van der Waals surface area (Å²) >= 11 is 0. The second-order valence-electron chi connectivity index (χ2n) is 37.5. The number of methoxy groups -OCH3 is 1. The molecule has 0 spiro atoms. The van der Waals surface area contributed by atoms with Crippen LogP contribution in [0.25, 0.3) is 72.9 Å². The fourth-order valence-corrected chi connectivity index (χ4v) is 16.5. The van der Waals surface area contributed by atoms with Gasteiger partial charge < -0.3 is 28.4 Å². The predicted octanol–water partition coefficient (Wildman–Crippen LogP) is 38.5. The number of aryl methyl sites for hydroxylation is 6. The molecule has 750 valence electrons. The van der Waals surface area contributed by atoms with Crippen LogP contribution in [0.4, 0.5) is 0 Å². The molecule has 6 heteroatoms. The van der Waals surface area contributed by atoms with Crippen molar-refractivity contribution in [3.63, 3.8) is 0 Å². The molecule has 141 heavy (non-hydrogen) atoms. The van der Waals surface area contributed by atoms with Crippen molar-refractivity contribution >= 4 is 72.9 Å². The third-order valence-corrected chi connectivity index (χ3v) is 26.5. The van der Waals surface area contributed by atoms with Crippen molar-refractivity contribution in [3.05, 3.63) is 385 Å². The number of hydrogen-bond donors (Lipinski definition) is 0. The average molecular weight is 1890 g/mol. The van der Waals surface area contributed by atoms with Crippen molar-refractivity contribution in [2.75, 3.05) is 40.1 Å². The monoisotopic (exact) mass is 1890 g/mol. The van der Waals surface area contributed by atoms with E-state index in [-0.39, 0.29) is 0 Å². The zero-order valence-electron chi connectivity index (χ0n) is 91.3. The third-order valence-electron chi connectivity index (χ3n) is 26.5. The van der Waals surface area contributed by atoms with Crippen LogP contribution in [-0.2, 0) is 38.5 Å². The zero-order chi connectivity index (χ0) is 102. The van der Waals surface area contributed by atoms with E-state index in [1.807, 2.05) is 13.0 Å². The SMILES string of the molecule is CCCCCCOc1ccc(C=Cc2ccc(CCC)cc2)c(C)c1C.CCCCCOc1ccc(C=Cc2ccc(CCC)cc2)c(C)c1C.CCCCOc1ccc(C=Cc2ccc(CCC)cc2)c(C)c1C.CCCOc1ccc(C=Cc2ccc(CCC)cc2)c(C)c1C.CCCc1ccc(C=Cc2ccc(OC)c(C)c2C)cc1.CCCc1ccc(C=Cc2ccc(OCC)c(C)c2C)cc1. The van der Waals surface area contributed by atoms with E-state index in [4.69, 9.17) is 28.4 Å². The Morgan fingerprint density at radius 1 is 0.163 bits per heavy atom. The van der Waals surface area contributed by atoms with E-state index >= 15 is 0 Å². The van der Waals surface area contributed by atoms with Gasteiger partial charge in [0.25, 0.3) is 0 Å². The first-order chi connectivity index (χ1) is 68.4. The first kappa shape index (κ1) is 116. The molecule has 0 unspecified atom stereocenters. The third kappa shape index (κ3) is 40.1. The molecule has 0 bridgehead atoms. The Morgan fingerprint density at radius 3 is 0.560 bits per heavy atom. The molecule has 0 aliphatic carbocycles. The molecule has 0 aromatic heterocycles. The zero-order valence-corrected chi connectivity index (χ0v) is 91.3. The van der Waals surface area contributed by atoms with Gasteiger partial charge in [0, 0.05) is 0 Å². The fraction of sp³-hybridized carbons (Fsp3) is 0.378. The van der Waals surface area contributed by atoms with Crippen LogP contribution in [0, 0.1) is 83.1 Å². The summed E-state index contributed by atoms with van der Waals surface area (Å²) in [6, 6.07) is 78.5. The van der Waals surface area contributed by atoms with Crippen LogP contribution in [0.3, 0.4) is 0 Å². The van der Waals surface area contributed by atoms with Crippen molar-refractivity contribution in [1.29, 1.82) is 0 Å². The maximum Gasteiger partial charge on any atom is 0.122 e. The molecular weight excluding hydrogens is 1720 g/mol. The van der Waals surface area contributed by atoms with Gasteiger partial charge in [-0.05, 0) is 358 Å². The highest BCUT2D eigenvalue weighted by molar-refractivity contribution is 5.78. The summed E-state index contributed by atoms with van der Waals surface area (Å²) in [5.41, 5.74) is 38.6. The van der Waals surface area contributed by atoms with Crippen LogP contribution in [0.5, 0.6) is 34.5 Å². The second kappa shape index (κ2) is 65.8. The second-order valence-corrected chi connectivity index (χ2v) is 37.5. The summed E-state index contributed by atoms with van der Waals surface area (Å²) in [6.45, 7) is 53.8. The number of ether oxygens (including phenoxy) is 6. The van der Waals surface area contributed by atoms with Gasteiger partial charge in [0.1, 0.15) is 34.5 Å². The summed E-state index contributed by atoms with van der Waals surface area (Å²) in [5, 5.41) is 0. The summed E-state index contributed by atoms with van der Waals surface area (Å²) in [4.78, 5) is 0. The minimum Gasteiger partial charge on any atom is -0.496 e. The summed E-state index contributed by atoms with van der Waals surface area (Å²) in [7, 11) is 1.72. The van der Waals surface area contributed by atoms with Gasteiger partial charge in [0.2, 0.25) is 0 Å². The van der Waals surface area contributed by atoms with Gasteiger partial charge in [-0.25, -0.2) is 0 Å². The van der Waals surface area contributed by atoms with Gasteiger partial charge in [0.05, 0.1) is 40.1 Å². The van der Waals surface area contributed by atoms with Crippen LogP contribution in [0.2, 0.25) is 0 Å². The minimum atomic E-state index is 0.708. The smallest absolute Gasteiger partial charge is 0.122 e. The number of benzene rings is 12. The molecule has 12 aromatic rings. The topological polar surface area (TPSA) is 55.4 Å². The van der Waals surface area contributed by atoms with Gasteiger partial charge in [-0.2, -0.15) is 0 Å². The van der Waals surface area contributed by atoms with Crippen LogP contribution in [-0.4, -0.2) is 40.1 Å². The van der Waals surface area contributed by atoms with Crippen molar-refractivity contribution in [2.45, 2.75) is 301 Å². The molecule has 6 nitrogen and oxygen atoms in total. The van der Waals surface area contributed by atoms with Gasteiger partial charge in [-0.3, -0.25) is 0 Å². The maximum absolute atomic E-state index is 5.99. The molecule has 12 rings (SSSR count). The lowest BCUT2D eigenvalue weighted by atomic mass is 10.0. The Hall–Kier alpha value is -12.1. The molecule has 0 heterocycles. The summed E-state index contributed by atoms with van der Waals surface area (Å²) in [6.07, 6.45) is 52.2. The van der Waals surface area contributed by atoms with E-state index in [9.17, 15) is 0 Å². The predicted molar refractivity (Wildman–Crippen MR) is 620 cm³/mol. The molecule has 0 N–H and O–H groups in total. The first-order valence-electron chi connectivity index (χ1n) is 53.3. The Morgan fingerprint density at radius 2 is 0.355 bits per heavy atom. The quantitative estimate of drug-likeness (QED) is 0.0280. The number of unbranched alkanes of at least 4 members (excludes halogenated alkanes) is 6. The van der Waals surface area contributed by atoms with Crippen molar-refractivity contribution < 1.29 is 28.4 Å². The van der Waals surface area contributed by atoms with Crippen molar-refractivity contribution in [2.24, 2.45) is 0 Å². The van der Waals surface area contributed by atoms with Crippen molar-refractivity contribution in [3.8, 4) is 34.5 Å². The molecule has 0 amide bonds. The molecule has 0 saturated heterocycles. The lowest BCUT2D eigenvalue weighted by molar-refractivity contribution is 0.303. The fourth-order valence-electron chi connectivity index (χ4n) is 16.5. The van der Waals surface area contributed by atoms with E-state index in [0.29, 0.717) is 6.61 Å². The molecule has 0 aliphatic rings. The van der Waals surface area contributed by atoms with Crippen LogP contribution in [0.15, 0.2) is 218 Å². The number of rotatable bonds is 45.